The van der Waals surface area contributed by atoms with Crippen LogP contribution in [0.15, 0.2) is 33.8 Å². The van der Waals surface area contributed by atoms with E-state index in [0.717, 1.165) is 16.8 Å². The second-order valence-electron chi connectivity index (χ2n) is 4.96. The van der Waals surface area contributed by atoms with Gasteiger partial charge in [0.25, 0.3) is 11.5 Å². The fourth-order valence-corrected chi connectivity index (χ4v) is 1.97. The van der Waals surface area contributed by atoms with Crippen LogP contribution in [0.1, 0.15) is 23.3 Å². The largest absolute Gasteiger partial charge is 0.342 e. The zero-order chi connectivity index (χ0) is 17.1. The number of nitrogens with zero attached hydrogens (tertiary/aromatic N) is 6. The molecule has 0 aliphatic carbocycles. The Morgan fingerprint density at radius 2 is 2.21 bits per heavy atom. The number of amides is 1. The number of hydrogen-bond acceptors (Lipinski definition) is 7. The Hall–Kier alpha value is -3.30. The highest BCUT2D eigenvalue weighted by Gasteiger charge is 2.13. The summed E-state index contributed by atoms with van der Waals surface area (Å²) in [5.41, 5.74) is 0.569. The summed E-state index contributed by atoms with van der Waals surface area (Å²) in [5, 5.41) is 14.5. The zero-order valence-corrected chi connectivity index (χ0v) is 13.1. The standard InChI is InChI=1S/C14H15N7O3/c1-3-21-8-9(6-16-21)13-17-11(24-19-13)7-15-14(23)10-4-5-12(22)20(2)18-10/h4-6,8H,3,7H2,1-2H3,(H,15,23). The molecule has 3 aromatic heterocycles. The Morgan fingerprint density at radius 1 is 1.38 bits per heavy atom. The highest BCUT2D eigenvalue weighted by Crippen LogP contribution is 2.14. The number of rotatable bonds is 5. The minimum Gasteiger partial charge on any atom is -0.342 e. The van der Waals surface area contributed by atoms with Crippen LogP contribution < -0.4 is 10.9 Å². The third-order valence-electron chi connectivity index (χ3n) is 3.28. The Balaban J connectivity index is 1.65. The van der Waals surface area contributed by atoms with Gasteiger partial charge in [0.05, 0.1) is 18.3 Å². The lowest BCUT2D eigenvalue weighted by Gasteiger charge is -2.02. The summed E-state index contributed by atoms with van der Waals surface area (Å²) in [7, 11) is 1.47. The van der Waals surface area contributed by atoms with Gasteiger partial charge in [0.15, 0.2) is 0 Å². The van der Waals surface area contributed by atoms with Crippen LogP contribution in [-0.4, -0.2) is 35.6 Å². The van der Waals surface area contributed by atoms with Crippen LogP contribution in [0.25, 0.3) is 11.4 Å². The molecule has 0 radical (unpaired) electrons. The van der Waals surface area contributed by atoms with Crippen LogP contribution in [0.3, 0.4) is 0 Å². The van der Waals surface area contributed by atoms with Gasteiger partial charge in [-0.05, 0) is 13.0 Å². The molecule has 3 aromatic rings. The van der Waals surface area contributed by atoms with Gasteiger partial charge in [-0.15, -0.1) is 0 Å². The van der Waals surface area contributed by atoms with Gasteiger partial charge in [-0.25, -0.2) is 4.68 Å². The molecular weight excluding hydrogens is 314 g/mol. The summed E-state index contributed by atoms with van der Waals surface area (Å²) in [4.78, 5) is 27.5. The van der Waals surface area contributed by atoms with Gasteiger partial charge in [0, 0.05) is 25.9 Å². The molecule has 0 saturated heterocycles. The van der Waals surface area contributed by atoms with Crippen LogP contribution in [0.5, 0.6) is 0 Å². The van der Waals surface area contributed by atoms with E-state index < -0.39 is 5.91 Å². The summed E-state index contributed by atoms with van der Waals surface area (Å²) in [6.45, 7) is 2.77. The SMILES string of the molecule is CCn1cc(-c2noc(CNC(=O)c3ccc(=O)n(C)n3)n2)cn1. The summed E-state index contributed by atoms with van der Waals surface area (Å²) in [6, 6.07) is 2.63. The predicted molar refractivity (Wildman–Crippen MR) is 81.8 cm³/mol. The van der Waals surface area contributed by atoms with E-state index in [0.29, 0.717) is 5.82 Å². The van der Waals surface area contributed by atoms with Gasteiger partial charge >= 0.3 is 0 Å². The number of aromatic nitrogens is 6. The zero-order valence-electron chi connectivity index (χ0n) is 13.1. The molecule has 10 nitrogen and oxygen atoms in total. The van der Waals surface area contributed by atoms with Crippen LogP contribution >= 0.6 is 0 Å². The quantitative estimate of drug-likeness (QED) is 0.698. The number of hydrogen-bond donors (Lipinski definition) is 1. The molecule has 0 atom stereocenters. The Kier molecular flexibility index (Phi) is 4.18. The molecule has 0 unspecified atom stereocenters. The fourth-order valence-electron chi connectivity index (χ4n) is 1.97. The van der Waals surface area contributed by atoms with Crippen molar-refractivity contribution in [2.45, 2.75) is 20.0 Å². The van der Waals surface area contributed by atoms with Crippen molar-refractivity contribution in [3.05, 3.63) is 46.5 Å². The van der Waals surface area contributed by atoms with E-state index in [1.54, 1.807) is 10.9 Å². The van der Waals surface area contributed by atoms with Crippen molar-refractivity contribution in [2.75, 3.05) is 0 Å². The molecule has 3 heterocycles. The lowest BCUT2D eigenvalue weighted by Crippen LogP contribution is -2.28. The monoisotopic (exact) mass is 329 g/mol. The van der Waals surface area contributed by atoms with Gasteiger partial charge in [0.2, 0.25) is 11.7 Å². The number of carbonyl (C=O) groups excluding carboxylic acids is 1. The van der Waals surface area contributed by atoms with Gasteiger partial charge in [0.1, 0.15) is 5.69 Å². The first-order chi connectivity index (χ1) is 11.6. The van der Waals surface area contributed by atoms with E-state index in [4.69, 9.17) is 4.52 Å². The van der Waals surface area contributed by atoms with E-state index in [2.05, 4.69) is 25.7 Å². The molecule has 24 heavy (non-hydrogen) atoms. The fraction of sp³-hybridized carbons (Fsp3) is 0.286. The molecule has 0 fully saturated rings. The molecule has 124 valence electrons. The molecular formula is C14H15N7O3. The maximum absolute atomic E-state index is 12.0. The minimum atomic E-state index is -0.441. The minimum absolute atomic E-state index is 0.0538. The summed E-state index contributed by atoms with van der Waals surface area (Å²) >= 11 is 0. The number of aryl methyl sites for hydroxylation is 2. The Labute approximate surface area is 136 Å². The third-order valence-corrected chi connectivity index (χ3v) is 3.28. The van der Waals surface area contributed by atoms with E-state index in [1.165, 1.54) is 19.2 Å². The first-order valence-corrected chi connectivity index (χ1v) is 7.25. The predicted octanol–water partition coefficient (Wildman–Crippen LogP) is -0.0233. The average molecular weight is 329 g/mol. The van der Waals surface area contributed by atoms with Gasteiger partial charge in [-0.3, -0.25) is 14.3 Å². The molecule has 0 aliphatic heterocycles. The van der Waals surface area contributed by atoms with Crippen molar-refractivity contribution in [1.82, 2.24) is 35.0 Å². The molecule has 0 aliphatic rings. The smallest absolute Gasteiger partial charge is 0.272 e. The van der Waals surface area contributed by atoms with Crippen molar-refractivity contribution < 1.29 is 9.32 Å². The Morgan fingerprint density at radius 3 is 2.92 bits per heavy atom. The van der Waals surface area contributed by atoms with E-state index in [-0.39, 0.29) is 23.7 Å². The highest BCUT2D eigenvalue weighted by atomic mass is 16.5. The maximum Gasteiger partial charge on any atom is 0.272 e. The molecule has 0 spiro atoms. The lowest BCUT2D eigenvalue weighted by atomic mass is 10.3. The van der Waals surface area contributed by atoms with Crippen molar-refractivity contribution in [3.8, 4) is 11.4 Å². The summed E-state index contributed by atoms with van der Waals surface area (Å²) in [6.07, 6.45) is 3.45. The molecule has 0 saturated carbocycles. The van der Waals surface area contributed by atoms with Gasteiger partial charge in [-0.2, -0.15) is 15.2 Å². The molecule has 3 rings (SSSR count). The Bertz CT molecular complexity index is 924. The molecule has 0 aromatic carbocycles. The van der Waals surface area contributed by atoms with E-state index in [9.17, 15) is 9.59 Å². The van der Waals surface area contributed by atoms with Crippen molar-refractivity contribution in [1.29, 1.82) is 0 Å². The molecule has 1 N–H and O–H groups in total. The molecule has 1 amide bonds. The van der Waals surface area contributed by atoms with Crippen molar-refractivity contribution >= 4 is 5.91 Å². The summed E-state index contributed by atoms with van der Waals surface area (Å²) in [5.74, 6) is 0.218. The average Bonchev–Trinajstić information content (AvgIpc) is 3.23. The van der Waals surface area contributed by atoms with E-state index >= 15 is 0 Å². The molecule has 10 heteroatoms. The van der Waals surface area contributed by atoms with Crippen LogP contribution in [-0.2, 0) is 20.1 Å². The van der Waals surface area contributed by atoms with Crippen molar-refractivity contribution in [3.63, 3.8) is 0 Å². The highest BCUT2D eigenvalue weighted by molar-refractivity contribution is 5.91. The second-order valence-corrected chi connectivity index (χ2v) is 4.96. The van der Waals surface area contributed by atoms with Crippen molar-refractivity contribution in [2.24, 2.45) is 7.05 Å². The third kappa shape index (κ3) is 3.21. The number of carbonyl (C=O) groups is 1. The van der Waals surface area contributed by atoms with E-state index in [1.807, 2.05) is 13.1 Å². The summed E-state index contributed by atoms with van der Waals surface area (Å²) < 4.78 is 7.94. The number of nitrogens with one attached hydrogen (secondary N) is 1. The molecule has 0 bridgehead atoms. The maximum atomic E-state index is 12.0. The second kappa shape index (κ2) is 6.44. The topological polar surface area (TPSA) is 121 Å². The van der Waals surface area contributed by atoms with Crippen LogP contribution in [0.4, 0.5) is 0 Å². The van der Waals surface area contributed by atoms with Gasteiger partial charge < -0.3 is 9.84 Å². The van der Waals surface area contributed by atoms with Gasteiger partial charge in [-0.1, -0.05) is 5.16 Å². The van der Waals surface area contributed by atoms with Crippen LogP contribution in [0.2, 0.25) is 0 Å². The first kappa shape index (κ1) is 15.6. The van der Waals surface area contributed by atoms with Crippen LogP contribution in [0, 0.1) is 0 Å². The normalized spacial score (nSPS) is 10.8. The lowest BCUT2D eigenvalue weighted by molar-refractivity contribution is 0.0939. The first-order valence-electron chi connectivity index (χ1n) is 7.25.